The molecule has 0 radical (unpaired) electrons. The number of hydrogen-bond acceptors (Lipinski definition) is 8. The first kappa shape index (κ1) is 23.4. The monoisotopic (exact) mass is 396 g/mol. The van der Waals surface area contributed by atoms with Crippen LogP contribution in [0.5, 0.6) is 5.75 Å². The fourth-order valence-corrected chi connectivity index (χ4v) is 2.16. The molecule has 8 heteroatoms. The normalized spacial score (nSPS) is 11.4. The molecule has 1 aromatic carbocycles. The predicted octanol–water partition coefficient (Wildman–Crippen LogP) is 2.04. The fraction of sp³-hybridized carbons (Fsp3) is 0.550. The van der Waals surface area contributed by atoms with E-state index in [4.69, 9.17) is 14.2 Å². The third-order valence-corrected chi connectivity index (χ3v) is 3.85. The van der Waals surface area contributed by atoms with E-state index in [0.29, 0.717) is 5.56 Å². The van der Waals surface area contributed by atoms with Gasteiger partial charge >= 0.3 is 17.9 Å². The van der Waals surface area contributed by atoms with Gasteiger partial charge in [0.05, 0.1) is 11.8 Å². The number of hydrogen-bond donors (Lipinski definition) is 2. The van der Waals surface area contributed by atoms with Crippen LogP contribution in [0, 0.1) is 11.8 Å². The topological polar surface area (TPSA) is 119 Å². The maximum Gasteiger partial charge on any atom is 0.308 e. The molecule has 0 saturated heterocycles. The molecule has 0 heterocycles. The van der Waals surface area contributed by atoms with E-state index in [1.54, 1.807) is 27.7 Å². The fourth-order valence-electron chi connectivity index (χ4n) is 2.16. The number of phenols is 1. The standard InChI is InChI=1S/C20H28O8/c1-12(2)18(23)27-10-20(25,11-28-19(24)13(3)4)16-7-6-15(8-17(16)22)9-26-14(5)21/h6-8,12-13,22,25H,9-11H2,1-5H3. The van der Waals surface area contributed by atoms with Crippen molar-refractivity contribution in [1.29, 1.82) is 0 Å². The van der Waals surface area contributed by atoms with Gasteiger partial charge in [-0.3, -0.25) is 14.4 Å². The van der Waals surface area contributed by atoms with E-state index >= 15 is 0 Å². The largest absolute Gasteiger partial charge is 0.508 e. The molecule has 0 aliphatic rings. The van der Waals surface area contributed by atoms with Crippen LogP contribution >= 0.6 is 0 Å². The van der Waals surface area contributed by atoms with Gasteiger partial charge in [-0.1, -0.05) is 39.8 Å². The summed E-state index contributed by atoms with van der Waals surface area (Å²) in [4.78, 5) is 34.5. The van der Waals surface area contributed by atoms with Crippen LogP contribution in [0.3, 0.4) is 0 Å². The van der Waals surface area contributed by atoms with Crippen LogP contribution in [0.1, 0.15) is 45.7 Å². The second-order valence-corrected chi connectivity index (χ2v) is 7.19. The van der Waals surface area contributed by atoms with Gasteiger partial charge in [-0.2, -0.15) is 0 Å². The molecule has 0 bridgehead atoms. The molecule has 0 unspecified atom stereocenters. The molecule has 0 spiro atoms. The molecule has 1 aromatic rings. The molecule has 0 aliphatic heterocycles. The minimum Gasteiger partial charge on any atom is -0.508 e. The summed E-state index contributed by atoms with van der Waals surface area (Å²) in [7, 11) is 0. The molecule has 28 heavy (non-hydrogen) atoms. The first-order valence-electron chi connectivity index (χ1n) is 8.97. The van der Waals surface area contributed by atoms with Crippen LogP contribution in [0.15, 0.2) is 18.2 Å². The van der Waals surface area contributed by atoms with Gasteiger partial charge in [-0.15, -0.1) is 0 Å². The molecular weight excluding hydrogens is 368 g/mol. The van der Waals surface area contributed by atoms with E-state index in [9.17, 15) is 24.6 Å². The lowest BCUT2D eigenvalue weighted by molar-refractivity contribution is -0.168. The third-order valence-electron chi connectivity index (χ3n) is 3.85. The second kappa shape index (κ2) is 10.1. The quantitative estimate of drug-likeness (QED) is 0.481. The number of esters is 3. The van der Waals surface area contributed by atoms with Gasteiger partial charge in [0.2, 0.25) is 0 Å². The Morgan fingerprint density at radius 2 is 1.46 bits per heavy atom. The number of rotatable bonds is 9. The second-order valence-electron chi connectivity index (χ2n) is 7.19. The van der Waals surface area contributed by atoms with Gasteiger partial charge in [0.25, 0.3) is 0 Å². The Morgan fingerprint density at radius 3 is 1.86 bits per heavy atom. The summed E-state index contributed by atoms with van der Waals surface area (Å²) >= 11 is 0. The average Bonchev–Trinajstić information content (AvgIpc) is 2.62. The lowest BCUT2D eigenvalue weighted by Gasteiger charge is -2.29. The molecule has 0 aromatic heterocycles. The summed E-state index contributed by atoms with van der Waals surface area (Å²) in [6.07, 6.45) is 0. The number of aliphatic hydroxyl groups is 1. The van der Waals surface area contributed by atoms with E-state index in [2.05, 4.69) is 0 Å². The van der Waals surface area contributed by atoms with Crippen LogP contribution in [-0.2, 0) is 40.8 Å². The van der Waals surface area contributed by atoms with Crippen molar-refractivity contribution >= 4 is 17.9 Å². The van der Waals surface area contributed by atoms with Crippen molar-refractivity contribution in [3.05, 3.63) is 29.3 Å². The smallest absolute Gasteiger partial charge is 0.308 e. The van der Waals surface area contributed by atoms with Gasteiger partial charge in [-0.05, 0) is 11.6 Å². The maximum atomic E-state index is 11.8. The lowest BCUT2D eigenvalue weighted by atomic mass is 9.93. The van der Waals surface area contributed by atoms with Gasteiger partial charge in [0.1, 0.15) is 25.6 Å². The highest BCUT2D eigenvalue weighted by Crippen LogP contribution is 2.32. The Morgan fingerprint density at radius 1 is 0.964 bits per heavy atom. The summed E-state index contributed by atoms with van der Waals surface area (Å²) in [5.74, 6) is -2.70. The molecule has 0 aliphatic carbocycles. The molecule has 0 atom stereocenters. The zero-order valence-electron chi connectivity index (χ0n) is 16.9. The van der Waals surface area contributed by atoms with Crippen LogP contribution in [0.25, 0.3) is 0 Å². The van der Waals surface area contributed by atoms with Crippen molar-refractivity contribution in [2.75, 3.05) is 13.2 Å². The van der Waals surface area contributed by atoms with Crippen LogP contribution in [0.2, 0.25) is 0 Å². The van der Waals surface area contributed by atoms with Gasteiger partial charge < -0.3 is 24.4 Å². The number of carbonyl (C=O) groups is 3. The van der Waals surface area contributed by atoms with E-state index in [1.165, 1.54) is 25.1 Å². The average molecular weight is 396 g/mol. The van der Waals surface area contributed by atoms with E-state index in [0.717, 1.165) is 0 Å². The zero-order chi connectivity index (χ0) is 21.5. The molecule has 0 fully saturated rings. The number of benzene rings is 1. The Hall–Kier alpha value is -2.61. The van der Waals surface area contributed by atoms with Crippen molar-refractivity contribution in [3.63, 3.8) is 0 Å². The van der Waals surface area contributed by atoms with E-state index < -0.39 is 48.6 Å². The summed E-state index contributed by atoms with van der Waals surface area (Å²) in [5, 5.41) is 21.4. The Balaban J connectivity index is 3.09. The summed E-state index contributed by atoms with van der Waals surface area (Å²) < 4.78 is 15.1. The van der Waals surface area contributed by atoms with Crippen LogP contribution < -0.4 is 0 Å². The number of carbonyl (C=O) groups excluding carboxylic acids is 3. The van der Waals surface area contributed by atoms with Crippen LogP contribution in [-0.4, -0.2) is 41.3 Å². The number of phenolic OH excluding ortho intramolecular Hbond substituents is 1. The number of ether oxygens (including phenoxy) is 3. The molecule has 1 rings (SSSR count). The van der Waals surface area contributed by atoms with Crippen molar-refractivity contribution in [3.8, 4) is 5.75 Å². The van der Waals surface area contributed by atoms with Gasteiger partial charge in [0.15, 0.2) is 5.60 Å². The summed E-state index contributed by atoms with van der Waals surface area (Å²) in [5.41, 5.74) is -1.43. The lowest BCUT2D eigenvalue weighted by Crippen LogP contribution is -2.39. The van der Waals surface area contributed by atoms with Gasteiger partial charge in [0, 0.05) is 12.5 Å². The van der Waals surface area contributed by atoms with Crippen molar-refractivity contribution in [2.45, 2.75) is 46.8 Å². The SMILES string of the molecule is CC(=O)OCc1ccc(C(O)(COC(=O)C(C)C)COC(=O)C(C)C)c(O)c1. The van der Waals surface area contributed by atoms with E-state index in [1.807, 2.05) is 0 Å². The molecule has 0 amide bonds. The first-order valence-corrected chi connectivity index (χ1v) is 8.97. The van der Waals surface area contributed by atoms with E-state index in [-0.39, 0.29) is 17.9 Å². The third kappa shape index (κ3) is 6.84. The molecule has 8 nitrogen and oxygen atoms in total. The first-order chi connectivity index (χ1) is 13.0. The summed E-state index contributed by atoms with van der Waals surface area (Å²) in [6.45, 7) is 6.76. The summed E-state index contributed by atoms with van der Waals surface area (Å²) in [6, 6.07) is 4.26. The van der Waals surface area contributed by atoms with Crippen LogP contribution in [0.4, 0.5) is 0 Å². The van der Waals surface area contributed by atoms with Crippen molar-refractivity contribution in [2.24, 2.45) is 11.8 Å². The molecule has 156 valence electrons. The molecule has 0 saturated carbocycles. The minimum absolute atomic E-state index is 0.0205. The highest BCUT2D eigenvalue weighted by Gasteiger charge is 2.36. The zero-order valence-corrected chi connectivity index (χ0v) is 16.9. The Bertz CT molecular complexity index is 684. The Labute approximate surface area is 164 Å². The minimum atomic E-state index is -1.95. The van der Waals surface area contributed by atoms with Crippen molar-refractivity contribution in [1.82, 2.24) is 0 Å². The van der Waals surface area contributed by atoms with Crippen molar-refractivity contribution < 1.29 is 38.8 Å². The predicted molar refractivity (Wildman–Crippen MR) is 99.1 cm³/mol. The highest BCUT2D eigenvalue weighted by molar-refractivity contribution is 5.72. The number of aromatic hydroxyl groups is 1. The highest BCUT2D eigenvalue weighted by atomic mass is 16.6. The molecule has 2 N–H and O–H groups in total. The maximum absolute atomic E-state index is 11.8. The van der Waals surface area contributed by atoms with Gasteiger partial charge in [-0.25, -0.2) is 0 Å². The Kier molecular flexibility index (Phi) is 8.43. The molecular formula is C20H28O8.